The second-order valence-electron chi connectivity index (χ2n) is 12.6. The minimum atomic E-state index is -4.09. The van der Waals surface area contributed by atoms with Gasteiger partial charge in [0.15, 0.2) is 5.03 Å². The Morgan fingerprint density at radius 3 is 2.11 bits per heavy atom. The fourth-order valence-corrected chi connectivity index (χ4v) is 7.02. The van der Waals surface area contributed by atoms with Crippen molar-refractivity contribution in [3.63, 3.8) is 0 Å². The van der Waals surface area contributed by atoms with Gasteiger partial charge >= 0.3 is 6.09 Å². The maximum Gasteiger partial charge on any atom is 0.410 e. The molecule has 2 aliphatic rings. The third-order valence-corrected chi connectivity index (χ3v) is 9.98. The number of carbonyl (C=O) groups is 2. The number of sulfonamides is 1. The van der Waals surface area contributed by atoms with E-state index in [4.69, 9.17) is 4.74 Å². The Morgan fingerprint density at radius 1 is 0.870 bits per heavy atom. The average molecular weight is 656 g/mol. The van der Waals surface area contributed by atoms with Gasteiger partial charge in [-0.2, -0.15) is 4.31 Å². The van der Waals surface area contributed by atoms with Crippen molar-refractivity contribution < 1.29 is 31.5 Å². The molecular weight excluding hydrogens is 616 g/mol. The van der Waals surface area contributed by atoms with Gasteiger partial charge in [-0.25, -0.2) is 27.0 Å². The lowest BCUT2D eigenvalue weighted by atomic mass is 9.89. The van der Waals surface area contributed by atoms with Crippen molar-refractivity contribution in [1.29, 1.82) is 0 Å². The van der Waals surface area contributed by atoms with Crippen molar-refractivity contribution in [2.24, 2.45) is 0 Å². The number of halogens is 2. The van der Waals surface area contributed by atoms with Crippen molar-refractivity contribution in [3.05, 3.63) is 83.1 Å². The summed E-state index contributed by atoms with van der Waals surface area (Å²) in [5.41, 5.74) is 1.82. The van der Waals surface area contributed by atoms with E-state index in [-0.39, 0.29) is 60.1 Å². The number of hydrogen-bond donors (Lipinski definition) is 1. The minimum absolute atomic E-state index is 0.0484. The third kappa shape index (κ3) is 7.64. The molecular formula is C33H39F2N5O5S. The molecule has 2 amide bonds. The number of piperidine rings is 1. The van der Waals surface area contributed by atoms with Crippen molar-refractivity contribution in [2.75, 3.05) is 44.6 Å². The monoisotopic (exact) mass is 655 g/mol. The van der Waals surface area contributed by atoms with E-state index in [0.717, 1.165) is 5.56 Å². The molecule has 0 bridgehead atoms. The molecule has 0 unspecified atom stereocenters. The second kappa shape index (κ2) is 13.3. The Bertz CT molecular complexity index is 1700. The quantitative estimate of drug-likeness (QED) is 0.364. The van der Waals surface area contributed by atoms with Crippen molar-refractivity contribution >= 4 is 33.4 Å². The zero-order valence-electron chi connectivity index (χ0n) is 26.4. The highest BCUT2D eigenvalue weighted by molar-refractivity contribution is 7.89. The van der Waals surface area contributed by atoms with E-state index in [2.05, 4.69) is 10.3 Å². The smallest absolute Gasteiger partial charge is 0.410 e. The van der Waals surface area contributed by atoms with E-state index in [1.807, 2.05) is 0 Å². The zero-order valence-corrected chi connectivity index (χ0v) is 27.2. The van der Waals surface area contributed by atoms with E-state index in [1.165, 1.54) is 51.8 Å². The molecule has 1 aromatic heterocycles. The highest BCUT2D eigenvalue weighted by atomic mass is 32.2. The van der Waals surface area contributed by atoms with Crippen LogP contribution in [0.15, 0.2) is 59.8 Å². The van der Waals surface area contributed by atoms with Crippen LogP contribution in [-0.2, 0) is 14.8 Å². The lowest BCUT2D eigenvalue weighted by molar-refractivity contribution is 0.0192. The third-order valence-electron chi connectivity index (χ3n) is 8.19. The Labute approximate surface area is 268 Å². The summed E-state index contributed by atoms with van der Waals surface area (Å²) in [4.78, 5) is 33.7. The van der Waals surface area contributed by atoms with Gasteiger partial charge < -0.3 is 19.9 Å². The number of benzene rings is 2. The van der Waals surface area contributed by atoms with E-state index >= 15 is 0 Å². The number of aromatic nitrogens is 1. The minimum Gasteiger partial charge on any atom is -0.444 e. The van der Waals surface area contributed by atoms with Gasteiger partial charge in [0.05, 0.1) is 11.3 Å². The van der Waals surface area contributed by atoms with Crippen molar-refractivity contribution in [2.45, 2.75) is 57.1 Å². The number of rotatable bonds is 6. The number of amides is 2. The number of piperazine rings is 1. The lowest BCUT2D eigenvalue weighted by Crippen LogP contribution is -2.51. The van der Waals surface area contributed by atoms with Crippen LogP contribution in [0.3, 0.4) is 0 Å². The number of anilines is 2. The number of nitrogens with one attached hydrogen (secondary N) is 1. The molecule has 0 radical (unpaired) electrons. The molecule has 0 aliphatic carbocycles. The molecule has 0 atom stereocenters. The molecule has 3 aromatic rings. The summed E-state index contributed by atoms with van der Waals surface area (Å²) in [6, 6.07) is 11.9. The van der Waals surface area contributed by atoms with E-state index < -0.39 is 27.5 Å². The molecule has 0 spiro atoms. The first-order valence-corrected chi connectivity index (χ1v) is 16.7. The molecule has 5 rings (SSSR count). The largest absolute Gasteiger partial charge is 0.444 e. The molecule has 1 N–H and O–H groups in total. The number of aryl methyl sites for hydroxylation is 1. The summed E-state index contributed by atoms with van der Waals surface area (Å²) in [6.07, 6.45) is 2.13. The predicted octanol–water partition coefficient (Wildman–Crippen LogP) is 5.67. The zero-order chi connectivity index (χ0) is 33.2. The van der Waals surface area contributed by atoms with Crippen LogP contribution in [0.4, 0.5) is 25.0 Å². The van der Waals surface area contributed by atoms with Gasteiger partial charge in [-0.3, -0.25) is 4.79 Å². The van der Waals surface area contributed by atoms with Crippen LogP contribution < -0.4 is 5.32 Å². The van der Waals surface area contributed by atoms with Crippen molar-refractivity contribution in [3.8, 4) is 0 Å². The van der Waals surface area contributed by atoms with Gasteiger partial charge in [-0.1, -0.05) is 12.1 Å². The highest BCUT2D eigenvalue weighted by Crippen LogP contribution is 2.32. The van der Waals surface area contributed by atoms with E-state index in [0.29, 0.717) is 37.2 Å². The molecule has 0 saturated carbocycles. The van der Waals surface area contributed by atoms with E-state index in [9.17, 15) is 26.8 Å². The van der Waals surface area contributed by atoms with Crippen LogP contribution in [0, 0.1) is 18.6 Å². The first-order chi connectivity index (χ1) is 21.7. The first kappa shape index (κ1) is 33.3. The summed E-state index contributed by atoms with van der Waals surface area (Å²) < 4.78 is 61.4. The Balaban J connectivity index is 1.37. The maximum absolute atomic E-state index is 13.9. The number of pyridine rings is 1. The summed E-state index contributed by atoms with van der Waals surface area (Å²) in [7, 11) is -4.09. The number of hydrogen-bond acceptors (Lipinski definition) is 7. The Morgan fingerprint density at radius 2 is 1.50 bits per heavy atom. The van der Waals surface area contributed by atoms with Gasteiger partial charge in [0, 0.05) is 57.2 Å². The SMILES string of the molecule is Cc1cc(F)ccc1Nc1cc(S(=O)(=O)N2CCN(C(=O)OC(C)(C)C)CC2)ncc1C(=O)N1CCC(c2ccc(F)cc2)CC1. The van der Waals surface area contributed by atoms with Crippen molar-refractivity contribution in [1.82, 2.24) is 19.1 Å². The fraction of sp³-hybridized carbons (Fsp3) is 0.424. The molecule has 46 heavy (non-hydrogen) atoms. The summed E-state index contributed by atoms with van der Waals surface area (Å²) >= 11 is 0. The average Bonchev–Trinajstić information content (AvgIpc) is 3.02. The molecule has 10 nitrogen and oxygen atoms in total. The highest BCUT2D eigenvalue weighted by Gasteiger charge is 2.34. The molecule has 2 aliphatic heterocycles. The predicted molar refractivity (Wildman–Crippen MR) is 170 cm³/mol. The van der Waals surface area contributed by atoms with Gasteiger partial charge in [0.1, 0.15) is 17.2 Å². The Hall–Kier alpha value is -4.10. The van der Waals surface area contributed by atoms with Crippen LogP contribution in [0.2, 0.25) is 0 Å². The van der Waals surface area contributed by atoms with Crippen LogP contribution in [0.25, 0.3) is 0 Å². The standard InChI is InChI=1S/C33H39F2N5O5S/c1-22-19-26(35)9-10-28(22)37-29-20-30(46(43,44)40-17-15-39(16-18-40)32(42)45-33(2,3)4)36-21-27(29)31(41)38-13-11-24(12-14-38)23-5-7-25(34)8-6-23/h5-10,19-21,24H,11-18H2,1-4H3,(H,36,37). The number of carbonyl (C=O) groups excluding carboxylic acids is 2. The van der Waals surface area contributed by atoms with E-state index in [1.54, 1.807) is 44.7 Å². The first-order valence-electron chi connectivity index (χ1n) is 15.3. The van der Waals surface area contributed by atoms with Gasteiger partial charge in [0.25, 0.3) is 15.9 Å². The maximum atomic E-state index is 13.9. The second-order valence-corrected chi connectivity index (χ2v) is 14.5. The molecule has 13 heteroatoms. The van der Waals surface area contributed by atoms with Crippen LogP contribution in [0.1, 0.15) is 61.0 Å². The number of ether oxygens (including phenoxy) is 1. The lowest BCUT2D eigenvalue weighted by Gasteiger charge is -2.35. The summed E-state index contributed by atoms with van der Waals surface area (Å²) in [5.74, 6) is -0.853. The fourth-order valence-electron chi connectivity index (χ4n) is 5.65. The number of nitrogens with zero attached hydrogens (tertiary/aromatic N) is 4. The molecule has 2 saturated heterocycles. The summed E-state index contributed by atoms with van der Waals surface area (Å²) in [6.45, 7) is 8.31. The topological polar surface area (TPSA) is 112 Å². The van der Waals surface area contributed by atoms with Gasteiger partial charge in [-0.15, -0.1) is 0 Å². The van der Waals surface area contributed by atoms with Gasteiger partial charge in [0.2, 0.25) is 0 Å². The van der Waals surface area contributed by atoms with Crippen LogP contribution in [-0.4, -0.2) is 84.4 Å². The molecule has 2 fully saturated rings. The Kier molecular flexibility index (Phi) is 9.64. The van der Waals surface area contributed by atoms with Gasteiger partial charge in [-0.05, 0) is 87.9 Å². The molecule has 3 heterocycles. The number of likely N-dealkylation sites (tertiary alicyclic amines) is 1. The normalized spacial score (nSPS) is 16.7. The molecule has 2 aromatic carbocycles. The van der Waals surface area contributed by atoms with Crippen LogP contribution >= 0.6 is 0 Å². The van der Waals surface area contributed by atoms with Crippen LogP contribution in [0.5, 0.6) is 0 Å². The molecule has 246 valence electrons. The summed E-state index contributed by atoms with van der Waals surface area (Å²) in [5, 5.41) is 2.89.